The number of carbonyl (C=O) groups excluding carboxylic acids is 1. The standard InChI is InChI=1S/C28H39NO2.C11H17N/c1-19(18-29-27-20(2)11-9-12-21(27)3)10-7-8-13-25(30)23-14-15-26-24(16-23)22(4)17-28(5,6)31-26;1-4-11(3)7-5-10(6-8-11)9(2)12/h9,11-12,14-16,19,22,29H,7-8,10,13,17-18H2,1-6H3;5-7H,2,4,8,12H2,1,3H3. The summed E-state index contributed by atoms with van der Waals surface area (Å²) in [5, 5.41) is 3.62. The van der Waals surface area contributed by atoms with Crippen molar-refractivity contribution < 1.29 is 9.53 Å². The van der Waals surface area contributed by atoms with Crippen LogP contribution in [0.25, 0.3) is 0 Å². The molecule has 4 nitrogen and oxygen atoms in total. The number of hydrogen-bond donors (Lipinski definition) is 2. The van der Waals surface area contributed by atoms with Crippen LogP contribution in [0, 0.1) is 25.2 Å². The largest absolute Gasteiger partial charge is 0.488 e. The number of anilines is 1. The zero-order valence-electron chi connectivity index (χ0n) is 28.1. The van der Waals surface area contributed by atoms with Crippen LogP contribution in [0.4, 0.5) is 5.69 Å². The number of aryl methyl sites for hydroxylation is 2. The minimum atomic E-state index is -0.138. The first kappa shape index (κ1) is 34.2. The fraction of sp³-hybridized carbons (Fsp3) is 0.513. The summed E-state index contributed by atoms with van der Waals surface area (Å²) in [5.41, 5.74) is 13.4. The molecule has 0 aromatic heterocycles. The highest BCUT2D eigenvalue weighted by atomic mass is 16.5. The summed E-state index contributed by atoms with van der Waals surface area (Å²) in [7, 11) is 0. The maximum Gasteiger partial charge on any atom is 0.162 e. The monoisotopic (exact) mass is 584 g/mol. The van der Waals surface area contributed by atoms with Gasteiger partial charge in [0.05, 0.1) is 0 Å². The van der Waals surface area contributed by atoms with E-state index in [2.05, 4.69) is 110 Å². The molecule has 2 aromatic rings. The van der Waals surface area contributed by atoms with Crippen LogP contribution in [0.15, 0.2) is 72.5 Å². The Balaban J connectivity index is 0.000000353. The molecule has 3 atom stereocenters. The number of nitrogens with two attached hydrogens (primary N) is 1. The Morgan fingerprint density at radius 2 is 1.84 bits per heavy atom. The molecule has 3 N–H and O–H groups in total. The van der Waals surface area contributed by atoms with Gasteiger partial charge in [-0.05, 0) is 118 Å². The summed E-state index contributed by atoms with van der Waals surface area (Å²) in [6.07, 6.45) is 13.5. The first-order valence-electron chi connectivity index (χ1n) is 16.2. The number of unbranched alkanes of at least 4 members (excludes halogenated alkanes) is 1. The van der Waals surface area contributed by atoms with Crippen LogP contribution in [0.1, 0.15) is 119 Å². The van der Waals surface area contributed by atoms with Gasteiger partial charge in [-0.3, -0.25) is 4.79 Å². The molecule has 1 aliphatic carbocycles. The van der Waals surface area contributed by atoms with E-state index in [9.17, 15) is 4.79 Å². The summed E-state index contributed by atoms with van der Waals surface area (Å²) < 4.78 is 6.10. The summed E-state index contributed by atoms with van der Waals surface area (Å²) >= 11 is 0. The van der Waals surface area contributed by atoms with Crippen molar-refractivity contribution in [2.24, 2.45) is 17.1 Å². The number of Topliss-reactive ketones (excluding diaryl/α,β-unsaturated/α-hetero) is 1. The van der Waals surface area contributed by atoms with Crippen LogP contribution in [-0.4, -0.2) is 17.9 Å². The van der Waals surface area contributed by atoms with E-state index >= 15 is 0 Å². The molecule has 234 valence electrons. The van der Waals surface area contributed by atoms with Crippen LogP contribution < -0.4 is 15.8 Å². The lowest BCUT2D eigenvalue weighted by atomic mass is 9.79. The number of rotatable bonds is 11. The highest BCUT2D eigenvalue weighted by Gasteiger charge is 2.31. The molecule has 0 saturated carbocycles. The minimum Gasteiger partial charge on any atom is -0.488 e. The topological polar surface area (TPSA) is 64.3 Å². The van der Waals surface area contributed by atoms with Gasteiger partial charge in [-0.2, -0.15) is 0 Å². The Morgan fingerprint density at radius 3 is 2.44 bits per heavy atom. The predicted octanol–water partition coefficient (Wildman–Crippen LogP) is 10.2. The summed E-state index contributed by atoms with van der Waals surface area (Å²) in [5.74, 6) is 2.18. The highest BCUT2D eigenvalue weighted by Crippen LogP contribution is 2.41. The molecule has 0 bridgehead atoms. The quantitative estimate of drug-likeness (QED) is 0.204. The summed E-state index contributed by atoms with van der Waals surface area (Å²) in [4.78, 5) is 12.7. The van der Waals surface area contributed by atoms with Crippen LogP contribution >= 0.6 is 0 Å². The molecule has 43 heavy (non-hydrogen) atoms. The van der Waals surface area contributed by atoms with Gasteiger partial charge in [0.15, 0.2) is 5.78 Å². The zero-order chi connectivity index (χ0) is 31.8. The minimum absolute atomic E-state index is 0.138. The average molecular weight is 585 g/mol. The molecular weight excluding hydrogens is 528 g/mol. The maximum atomic E-state index is 12.7. The molecule has 1 heterocycles. The van der Waals surface area contributed by atoms with E-state index in [4.69, 9.17) is 10.5 Å². The molecule has 0 saturated heterocycles. The second-order valence-electron chi connectivity index (χ2n) is 13.9. The SMILES string of the molecule is C=C(N)C1=CCC(C)(CC)C=C1.Cc1cccc(C)c1NCC(C)CCCCC(=O)c1ccc2c(c1)C(C)CC(C)(C)O2. The lowest BCUT2D eigenvalue weighted by molar-refractivity contribution is 0.0746. The number of fused-ring (bicyclic) bond motifs is 1. The van der Waals surface area contributed by atoms with Crippen molar-refractivity contribution in [2.45, 2.75) is 112 Å². The molecule has 0 fully saturated rings. The molecule has 0 spiro atoms. The summed E-state index contributed by atoms with van der Waals surface area (Å²) in [6, 6.07) is 12.4. The maximum absolute atomic E-state index is 12.7. The Hall–Kier alpha value is -3.27. The van der Waals surface area contributed by atoms with Gasteiger partial charge in [-0.15, -0.1) is 0 Å². The van der Waals surface area contributed by atoms with E-state index in [1.54, 1.807) is 0 Å². The van der Waals surface area contributed by atoms with Crippen LogP contribution in [-0.2, 0) is 0 Å². The van der Waals surface area contributed by atoms with Gasteiger partial charge in [0.2, 0.25) is 0 Å². The molecule has 2 aromatic carbocycles. The first-order valence-corrected chi connectivity index (χ1v) is 16.2. The number of ether oxygens (including phenoxy) is 1. The second kappa shape index (κ2) is 14.9. The number of ketones is 1. The lowest BCUT2D eigenvalue weighted by Crippen LogP contribution is -2.34. The number of carbonyl (C=O) groups is 1. The van der Waals surface area contributed by atoms with Crippen molar-refractivity contribution in [2.75, 3.05) is 11.9 Å². The third kappa shape index (κ3) is 9.88. The van der Waals surface area contributed by atoms with Gasteiger partial charge in [0, 0.05) is 29.9 Å². The molecule has 2 aliphatic rings. The third-order valence-corrected chi connectivity index (χ3v) is 9.14. The van der Waals surface area contributed by atoms with Gasteiger partial charge in [0.25, 0.3) is 0 Å². The molecule has 4 heteroatoms. The molecule has 0 radical (unpaired) electrons. The van der Waals surface area contributed by atoms with E-state index in [-0.39, 0.29) is 11.4 Å². The van der Waals surface area contributed by atoms with Gasteiger partial charge < -0.3 is 15.8 Å². The average Bonchev–Trinajstić information content (AvgIpc) is 2.95. The van der Waals surface area contributed by atoms with Gasteiger partial charge in [0.1, 0.15) is 11.4 Å². The molecule has 1 aliphatic heterocycles. The first-order chi connectivity index (χ1) is 20.2. The normalized spacial score (nSPS) is 20.9. The fourth-order valence-corrected chi connectivity index (χ4v) is 6.05. The van der Waals surface area contributed by atoms with Crippen molar-refractivity contribution in [1.82, 2.24) is 0 Å². The lowest BCUT2D eigenvalue weighted by Gasteiger charge is -2.36. The number of allylic oxidation sites excluding steroid dienone is 3. The molecule has 3 unspecified atom stereocenters. The van der Waals surface area contributed by atoms with E-state index < -0.39 is 0 Å². The summed E-state index contributed by atoms with van der Waals surface area (Å²) in [6.45, 7) is 22.2. The third-order valence-electron chi connectivity index (χ3n) is 9.14. The predicted molar refractivity (Wildman–Crippen MR) is 184 cm³/mol. The van der Waals surface area contributed by atoms with Crippen LogP contribution in [0.2, 0.25) is 0 Å². The van der Waals surface area contributed by atoms with Gasteiger partial charge >= 0.3 is 0 Å². The highest BCUT2D eigenvalue weighted by molar-refractivity contribution is 5.96. The Morgan fingerprint density at radius 1 is 1.14 bits per heavy atom. The molecular formula is C39H56N2O2. The Bertz CT molecular complexity index is 1310. The number of nitrogens with one attached hydrogen (secondary N) is 1. The van der Waals surface area contributed by atoms with Gasteiger partial charge in [-0.1, -0.05) is 77.1 Å². The van der Waals surface area contributed by atoms with Gasteiger partial charge in [-0.25, -0.2) is 0 Å². The van der Waals surface area contributed by atoms with Crippen LogP contribution in [0.3, 0.4) is 0 Å². The van der Waals surface area contributed by atoms with E-state index in [1.807, 2.05) is 12.1 Å². The van der Waals surface area contributed by atoms with Crippen molar-refractivity contribution in [3.05, 3.63) is 94.7 Å². The second-order valence-corrected chi connectivity index (χ2v) is 13.9. The smallest absolute Gasteiger partial charge is 0.162 e. The number of benzene rings is 2. The number of para-hydroxylation sites is 1. The van der Waals surface area contributed by atoms with Crippen molar-refractivity contribution >= 4 is 11.5 Å². The Kier molecular flexibility index (Phi) is 11.9. The zero-order valence-corrected chi connectivity index (χ0v) is 28.1. The van der Waals surface area contributed by atoms with E-state index in [0.717, 1.165) is 55.5 Å². The fourth-order valence-electron chi connectivity index (χ4n) is 6.05. The van der Waals surface area contributed by atoms with E-state index in [0.29, 0.717) is 29.4 Å². The Labute approximate surface area is 261 Å². The van der Waals surface area contributed by atoms with E-state index in [1.165, 1.54) is 28.8 Å². The molecule has 0 amide bonds. The van der Waals surface area contributed by atoms with Crippen LogP contribution in [0.5, 0.6) is 5.75 Å². The molecule has 4 rings (SSSR count). The van der Waals surface area contributed by atoms with Crippen molar-refractivity contribution in [3.8, 4) is 5.75 Å². The van der Waals surface area contributed by atoms with Crippen molar-refractivity contribution in [1.29, 1.82) is 0 Å². The van der Waals surface area contributed by atoms with Crippen molar-refractivity contribution in [3.63, 3.8) is 0 Å². The number of hydrogen-bond acceptors (Lipinski definition) is 4.